The standard InChI is InChI=1S/C18H15F3N2O2/c1-9-2-3-15(14(21)4-9)23-18(25)16-13(8-22-17(16)24)10-5-11(19)7-12(20)6-10/h2-7,13,16H,8H2,1H3,(H,22,24)(H,23,25). The summed E-state index contributed by atoms with van der Waals surface area (Å²) in [5, 5.41) is 4.89. The van der Waals surface area contributed by atoms with E-state index < -0.39 is 41.1 Å². The largest absolute Gasteiger partial charge is 0.355 e. The maximum atomic E-state index is 13.9. The van der Waals surface area contributed by atoms with Gasteiger partial charge in [-0.05, 0) is 42.3 Å². The number of carbonyl (C=O) groups excluding carboxylic acids is 2. The first kappa shape index (κ1) is 17.0. The van der Waals surface area contributed by atoms with Crippen LogP contribution in [-0.2, 0) is 9.59 Å². The molecule has 2 amide bonds. The fourth-order valence-corrected chi connectivity index (χ4v) is 2.95. The minimum Gasteiger partial charge on any atom is -0.355 e. The van der Waals surface area contributed by atoms with Crippen molar-refractivity contribution in [1.82, 2.24) is 5.32 Å². The lowest BCUT2D eigenvalue weighted by Crippen LogP contribution is -2.32. The van der Waals surface area contributed by atoms with Crippen molar-refractivity contribution < 1.29 is 22.8 Å². The first-order valence-electron chi connectivity index (χ1n) is 7.66. The summed E-state index contributed by atoms with van der Waals surface area (Å²) in [4.78, 5) is 24.5. The highest BCUT2D eigenvalue weighted by molar-refractivity contribution is 6.08. The van der Waals surface area contributed by atoms with E-state index in [1.54, 1.807) is 13.0 Å². The van der Waals surface area contributed by atoms with E-state index >= 15 is 0 Å². The molecular formula is C18H15F3N2O2. The van der Waals surface area contributed by atoms with Crippen LogP contribution in [-0.4, -0.2) is 18.4 Å². The number of rotatable bonds is 3. The molecule has 7 heteroatoms. The van der Waals surface area contributed by atoms with Gasteiger partial charge in [-0.1, -0.05) is 6.07 Å². The van der Waals surface area contributed by atoms with Crippen LogP contribution in [0.1, 0.15) is 17.0 Å². The molecule has 0 aliphatic carbocycles. The predicted molar refractivity (Wildman–Crippen MR) is 85.4 cm³/mol. The summed E-state index contributed by atoms with van der Waals surface area (Å²) >= 11 is 0. The average Bonchev–Trinajstić information content (AvgIpc) is 2.91. The van der Waals surface area contributed by atoms with Gasteiger partial charge in [-0.3, -0.25) is 9.59 Å². The fourth-order valence-electron chi connectivity index (χ4n) is 2.95. The van der Waals surface area contributed by atoms with Crippen LogP contribution in [0.25, 0.3) is 0 Å². The van der Waals surface area contributed by atoms with Crippen LogP contribution in [0.3, 0.4) is 0 Å². The topological polar surface area (TPSA) is 58.2 Å². The molecule has 3 rings (SSSR count). The summed E-state index contributed by atoms with van der Waals surface area (Å²) < 4.78 is 40.8. The molecular weight excluding hydrogens is 333 g/mol. The van der Waals surface area contributed by atoms with Crippen LogP contribution in [0.15, 0.2) is 36.4 Å². The second-order valence-electron chi connectivity index (χ2n) is 6.00. The Kier molecular flexibility index (Phi) is 4.48. The van der Waals surface area contributed by atoms with Gasteiger partial charge >= 0.3 is 0 Å². The van der Waals surface area contributed by atoms with Crippen LogP contribution in [0.2, 0.25) is 0 Å². The van der Waals surface area contributed by atoms with Crippen LogP contribution in [0.5, 0.6) is 0 Å². The maximum Gasteiger partial charge on any atom is 0.237 e. The second kappa shape index (κ2) is 6.58. The van der Waals surface area contributed by atoms with Crippen molar-refractivity contribution in [2.75, 3.05) is 11.9 Å². The molecule has 0 bridgehead atoms. The second-order valence-corrected chi connectivity index (χ2v) is 6.00. The Hall–Kier alpha value is -2.83. The molecule has 2 aromatic rings. The molecule has 1 aliphatic rings. The van der Waals surface area contributed by atoms with Gasteiger partial charge in [-0.15, -0.1) is 0 Å². The Morgan fingerprint density at radius 1 is 1.12 bits per heavy atom. The Bertz CT molecular complexity index is 834. The molecule has 2 atom stereocenters. The van der Waals surface area contributed by atoms with Gasteiger partial charge in [-0.25, -0.2) is 13.2 Å². The quantitative estimate of drug-likeness (QED) is 0.838. The van der Waals surface area contributed by atoms with E-state index in [1.165, 1.54) is 12.1 Å². The smallest absolute Gasteiger partial charge is 0.237 e. The molecule has 0 spiro atoms. The monoisotopic (exact) mass is 348 g/mol. The van der Waals surface area contributed by atoms with Crippen molar-refractivity contribution in [3.05, 3.63) is 65.0 Å². The first-order chi connectivity index (χ1) is 11.8. The summed E-state index contributed by atoms with van der Waals surface area (Å²) in [5.74, 6) is -5.46. The van der Waals surface area contributed by atoms with Crippen LogP contribution in [0, 0.1) is 30.3 Å². The molecule has 4 nitrogen and oxygen atoms in total. The molecule has 1 heterocycles. The van der Waals surface area contributed by atoms with Crippen molar-refractivity contribution in [2.45, 2.75) is 12.8 Å². The minimum atomic E-state index is -1.21. The molecule has 2 aromatic carbocycles. The minimum absolute atomic E-state index is 0.0560. The zero-order chi connectivity index (χ0) is 18.1. The van der Waals surface area contributed by atoms with E-state index in [-0.39, 0.29) is 17.8 Å². The van der Waals surface area contributed by atoms with Gasteiger partial charge in [-0.2, -0.15) is 0 Å². The molecule has 1 aliphatic heterocycles. The summed E-state index contributed by atoms with van der Waals surface area (Å²) in [5.41, 5.74) is 0.821. The molecule has 2 N–H and O–H groups in total. The number of aryl methyl sites for hydroxylation is 1. The third kappa shape index (κ3) is 3.50. The number of benzene rings is 2. The van der Waals surface area contributed by atoms with Gasteiger partial charge in [0.2, 0.25) is 11.8 Å². The summed E-state index contributed by atoms with van der Waals surface area (Å²) in [6.45, 7) is 1.77. The van der Waals surface area contributed by atoms with Crippen LogP contribution >= 0.6 is 0 Å². The molecule has 25 heavy (non-hydrogen) atoms. The zero-order valence-corrected chi connectivity index (χ0v) is 13.3. The highest BCUT2D eigenvalue weighted by Gasteiger charge is 2.41. The summed E-state index contributed by atoms with van der Waals surface area (Å²) in [6, 6.07) is 7.15. The Balaban J connectivity index is 1.87. The van der Waals surface area contributed by atoms with E-state index in [1.807, 2.05) is 0 Å². The number of hydrogen-bond acceptors (Lipinski definition) is 2. The van der Waals surface area contributed by atoms with Crippen LogP contribution in [0.4, 0.5) is 18.9 Å². The number of halogens is 3. The summed E-state index contributed by atoms with van der Waals surface area (Å²) in [7, 11) is 0. The first-order valence-corrected chi connectivity index (χ1v) is 7.66. The lowest BCUT2D eigenvalue weighted by atomic mass is 9.87. The third-order valence-corrected chi connectivity index (χ3v) is 4.16. The fraction of sp³-hybridized carbons (Fsp3) is 0.222. The van der Waals surface area contributed by atoms with Crippen molar-refractivity contribution in [2.24, 2.45) is 5.92 Å². The number of carbonyl (C=O) groups is 2. The predicted octanol–water partition coefficient (Wildman–Crippen LogP) is 2.88. The molecule has 0 radical (unpaired) electrons. The van der Waals surface area contributed by atoms with E-state index in [9.17, 15) is 22.8 Å². The van der Waals surface area contributed by atoms with Crippen molar-refractivity contribution in [3.63, 3.8) is 0 Å². The zero-order valence-electron chi connectivity index (χ0n) is 13.3. The molecule has 1 saturated heterocycles. The number of hydrogen-bond donors (Lipinski definition) is 2. The van der Waals surface area contributed by atoms with Crippen molar-refractivity contribution in [3.8, 4) is 0 Å². The Morgan fingerprint density at radius 2 is 1.80 bits per heavy atom. The van der Waals surface area contributed by atoms with E-state index in [0.717, 1.165) is 12.1 Å². The average molecular weight is 348 g/mol. The van der Waals surface area contributed by atoms with Gasteiger partial charge in [0.05, 0.1) is 5.69 Å². The van der Waals surface area contributed by atoms with Crippen molar-refractivity contribution in [1.29, 1.82) is 0 Å². The van der Waals surface area contributed by atoms with Gasteiger partial charge in [0.15, 0.2) is 0 Å². The highest BCUT2D eigenvalue weighted by atomic mass is 19.1. The summed E-state index contributed by atoms with van der Waals surface area (Å²) in [6.07, 6.45) is 0. The Morgan fingerprint density at radius 3 is 2.44 bits per heavy atom. The van der Waals surface area contributed by atoms with Crippen molar-refractivity contribution >= 4 is 17.5 Å². The lowest BCUT2D eigenvalue weighted by Gasteiger charge is -2.17. The van der Waals surface area contributed by atoms with Crippen LogP contribution < -0.4 is 10.6 Å². The number of nitrogens with one attached hydrogen (secondary N) is 2. The highest BCUT2D eigenvalue weighted by Crippen LogP contribution is 2.31. The Labute approximate surface area is 142 Å². The molecule has 0 saturated carbocycles. The van der Waals surface area contributed by atoms with E-state index in [0.29, 0.717) is 11.6 Å². The number of amides is 2. The molecule has 130 valence electrons. The lowest BCUT2D eigenvalue weighted by molar-refractivity contribution is -0.130. The van der Waals surface area contributed by atoms with E-state index in [2.05, 4.69) is 10.6 Å². The molecule has 1 fully saturated rings. The normalized spacial score (nSPS) is 19.6. The van der Waals surface area contributed by atoms with Gasteiger partial charge in [0, 0.05) is 18.5 Å². The van der Waals surface area contributed by atoms with Gasteiger partial charge in [0.1, 0.15) is 23.4 Å². The van der Waals surface area contributed by atoms with E-state index in [4.69, 9.17) is 0 Å². The maximum absolute atomic E-state index is 13.9. The number of anilines is 1. The molecule has 2 unspecified atom stereocenters. The SMILES string of the molecule is Cc1ccc(NC(=O)C2C(=O)NCC2c2cc(F)cc(F)c2)c(F)c1. The molecule has 0 aromatic heterocycles. The van der Waals surface area contributed by atoms with Gasteiger partial charge in [0.25, 0.3) is 0 Å². The third-order valence-electron chi connectivity index (χ3n) is 4.16. The van der Waals surface area contributed by atoms with Gasteiger partial charge < -0.3 is 10.6 Å².